The lowest BCUT2D eigenvalue weighted by molar-refractivity contribution is -0.127. The molecule has 0 saturated carbocycles. The van der Waals surface area contributed by atoms with Gasteiger partial charge in [-0.15, -0.1) is 0 Å². The van der Waals surface area contributed by atoms with E-state index in [9.17, 15) is 14.4 Å². The molecule has 0 bridgehead atoms. The predicted molar refractivity (Wildman–Crippen MR) is 86.6 cm³/mol. The largest absolute Gasteiger partial charge is 0.350 e. The van der Waals surface area contributed by atoms with E-state index in [-0.39, 0.29) is 30.3 Å². The van der Waals surface area contributed by atoms with Crippen molar-refractivity contribution in [2.75, 3.05) is 19.6 Å². The molecule has 3 amide bonds. The fourth-order valence-corrected chi connectivity index (χ4v) is 2.69. The molecular formula is C17H23N3O3. The standard InChI is InChI=1S/C17H23N3O3/c1-13(21)18-11-16(22)19-15-10-17(23)20(12-15)9-5-8-14-6-3-2-4-7-14/h2-4,6-7,15H,5,8-12H2,1H3,(H,18,21)(H,19,22)/t15-/m1/s1. The Labute approximate surface area is 136 Å². The molecule has 0 spiro atoms. The molecule has 23 heavy (non-hydrogen) atoms. The molecule has 0 radical (unpaired) electrons. The van der Waals surface area contributed by atoms with E-state index in [0.29, 0.717) is 19.5 Å². The van der Waals surface area contributed by atoms with Gasteiger partial charge in [-0.3, -0.25) is 14.4 Å². The van der Waals surface area contributed by atoms with E-state index in [0.717, 1.165) is 12.8 Å². The van der Waals surface area contributed by atoms with Gasteiger partial charge in [0.2, 0.25) is 17.7 Å². The van der Waals surface area contributed by atoms with Gasteiger partial charge < -0.3 is 15.5 Å². The summed E-state index contributed by atoms with van der Waals surface area (Å²) in [5.74, 6) is -0.433. The van der Waals surface area contributed by atoms with E-state index in [4.69, 9.17) is 0 Å². The van der Waals surface area contributed by atoms with Gasteiger partial charge in [0, 0.05) is 26.4 Å². The summed E-state index contributed by atoms with van der Waals surface area (Å²) in [5, 5.41) is 5.23. The van der Waals surface area contributed by atoms with Gasteiger partial charge in [-0.2, -0.15) is 0 Å². The molecule has 1 saturated heterocycles. The summed E-state index contributed by atoms with van der Waals surface area (Å²) < 4.78 is 0. The molecule has 2 N–H and O–H groups in total. The summed E-state index contributed by atoms with van der Waals surface area (Å²) in [5.41, 5.74) is 1.26. The molecule has 0 aromatic heterocycles. The van der Waals surface area contributed by atoms with Crippen LogP contribution in [0.3, 0.4) is 0 Å². The molecule has 2 rings (SSSR count). The Morgan fingerprint density at radius 2 is 2.00 bits per heavy atom. The van der Waals surface area contributed by atoms with Crippen LogP contribution in [0.25, 0.3) is 0 Å². The minimum absolute atomic E-state index is 0.0476. The van der Waals surface area contributed by atoms with Gasteiger partial charge in [0.25, 0.3) is 0 Å². The molecule has 1 aliphatic rings. The highest BCUT2D eigenvalue weighted by atomic mass is 16.2. The van der Waals surface area contributed by atoms with Crippen LogP contribution in [-0.4, -0.2) is 48.3 Å². The van der Waals surface area contributed by atoms with E-state index >= 15 is 0 Å². The third-order valence-electron chi connectivity index (χ3n) is 3.81. The molecule has 1 aromatic rings. The molecule has 1 aliphatic heterocycles. The molecule has 1 aromatic carbocycles. The van der Waals surface area contributed by atoms with Crippen LogP contribution in [0.1, 0.15) is 25.3 Å². The minimum Gasteiger partial charge on any atom is -0.350 e. The highest BCUT2D eigenvalue weighted by Crippen LogP contribution is 2.12. The summed E-state index contributed by atoms with van der Waals surface area (Å²) >= 11 is 0. The Kier molecular flexibility index (Phi) is 6.14. The van der Waals surface area contributed by atoms with Crippen LogP contribution in [0, 0.1) is 0 Å². The number of carbonyl (C=O) groups excluding carboxylic acids is 3. The van der Waals surface area contributed by atoms with Gasteiger partial charge in [0.15, 0.2) is 0 Å². The van der Waals surface area contributed by atoms with Crippen LogP contribution in [0.5, 0.6) is 0 Å². The van der Waals surface area contributed by atoms with Crippen LogP contribution in [0.15, 0.2) is 30.3 Å². The summed E-state index contributed by atoms with van der Waals surface area (Å²) in [6.45, 7) is 2.56. The van der Waals surface area contributed by atoms with Crippen molar-refractivity contribution in [3.05, 3.63) is 35.9 Å². The van der Waals surface area contributed by atoms with Crippen molar-refractivity contribution in [3.63, 3.8) is 0 Å². The maximum Gasteiger partial charge on any atom is 0.239 e. The smallest absolute Gasteiger partial charge is 0.239 e. The number of amides is 3. The summed E-state index contributed by atoms with van der Waals surface area (Å²) in [6.07, 6.45) is 2.17. The lowest BCUT2D eigenvalue weighted by atomic mass is 10.1. The van der Waals surface area contributed by atoms with Crippen LogP contribution in [0.4, 0.5) is 0 Å². The van der Waals surface area contributed by atoms with Crippen LogP contribution >= 0.6 is 0 Å². The van der Waals surface area contributed by atoms with Gasteiger partial charge in [-0.1, -0.05) is 30.3 Å². The van der Waals surface area contributed by atoms with E-state index in [1.165, 1.54) is 12.5 Å². The van der Waals surface area contributed by atoms with Gasteiger partial charge >= 0.3 is 0 Å². The number of nitrogens with one attached hydrogen (secondary N) is 2. The fraction of sp³-hybridized carbons (Fsp3) is 0.471. The SMILES string of the molecule is CC(=O)NCC(=O)N[C@@H]1CC(=O)N(CCCc2ccccc2)C1. The van der Waals surface area contributed by atoms with Gasteiger partial charge in [0.05, 0.1) is 12.6 Å². The molecule has 124 valence electrons. The number of carbonyl (C=O) groups is 3. The summed E-state index contributed by atoms with van der Waals surface area (Å²) in [6, 6.07) is 10.0. The molecule has 1 atom stereocenters. The zero-order valence-corrected chi connectivity index (χ0v) is 13.4. The lowest BCUT2D eigenvalue weighted by Crippen LogP contribution is -2.42. The van der Waals surface area contributed by atoms with Gasteiger partial charge in [0.1, 0.15) is 0 Å². The predicted octanol–water partition coefficient (Wildman–Crippen LogP) is 0.472. The van der Waals surface area contributed by atoms with Crippen molar-refractivity contribution in [1.29, 1.82) is 0 Å². The van der Waals surface area contributed by atoms with E-state index in [1.54, 1.807) is 4.90 Å². The Morgan fingerprint density at radius 3 is 2.70 bits per heavy atom. The van der Waals surface area contributed by atoms with Crippen molar-refractivity contribution in [2.24, 2.45) is 0 Å². The topological polar surface area (TPSA) is 78.5 Å². The minimum atomic E-state index is -0.260. The maximum atomic E-state index is 12.0. The van der Waals surface area contributed by atoms with Crippen LogP contribution in [0.2, 0.25) is 0 Å². The van der Waals surface area contributed by atoms with E-state index in [2.05, 4.69) is 22.8 Å². The maximum absolute atomic E-state index is 12.0. The average molecular weight is 317 g/mol. The monoisotopic (exact) mass is 317 g/mol. The van der Waals surface area contributed by atoms with Crippen LogP contribution in [-0.2, 0) is 20.8 Å². The van der Waals surface area contributed by atoms with E-state index in [1.807, 2.05) is 18.2 Å². The second-order valence-corrected chi connectivity index (χ2v) is 5.81. The molecule has 0 unspecified atom stereocenters. The zero-order chi connectivity index (χ0) is 16.7. The zero-order valence-electron chi connectivity index (χ0n) is 13.4. The van der Waals surface area contributed by atoms with Gasteiger partial charge in [-0.25, -0.2) is 0 Å². The van der Waals surface area contributed by atoms with E-state index < -0.39 is 0 Å². The Morgan fingerprint density at radius 1 is 1.26 bits per heavy atom. The molecule has 1 fully saturated rings. The number of likely N-dealkylation sites (tertiary alicyclic amines) is 1. The molecule has 1 heterocycles. The quantitative estimate of drug-likeness (QED) is 0.767. The number of benzene rings is 1. The van der Waals surface area contributed by atoms with Crippen LogP contribution < -0.4 is 10.6 Å². The second kappa shape index (κ2) is 8.31. The Bertz CT molecular complexity index is 559. The first-order valence-electron chi connectivity index (χ1n) is 7.90. The first-order valence-corrected chi connectivity index (χ1v) is 7.90. The number of aryl methyl sites for hydroxylation is 1. The number of hydrogen-bond donors (Lipinski definition) is 2. The summed E-state index contributed by atoms with van der Waals surface area (Å²) in [7, 11) is 0. The van der Waals surface area contributed by atoms with Crippen molar-refractivity contribution in [3.8, 4) is 0 Å². The normalized spacial score (nSPS) is 17.2. The molecular weight excluding hydrogens is 294 g/mol. The summed E-state index contributed by atoms with van der Waals surface area (Å²) in [4.78, 5) is 36.2. The second-order valence-electron chi connectivity index (χ2n) is 5.81. The third-order valence-corrected chi connectivity index (χ3v) is 3.81. The molecule has 0 aliphatic carbocycles. The first-order chi connectivity index (χ1) is 11.0. The Balaban J connectivity index is 1.70. The Hall–Kier alpha value is -2.37. The number of nitrogens with zero attached hydrogens (tertiary/aromatic N) is 1. The first kappa shape index (κ1) is 17.0. The highest BCUT2D eigenvalue weighted by molar-refractivity contribution is 5.85. The lowest BCUT2D eigenvalue weighted by Gasteiger charge is -2.17. The number of rotatable bonds is 7. The van der Waals surface area contributed by atoms with Crippen molar-refractivity contribution >= 4 is 17.7 Å². The number of hydrogen-bond acceptors (Lipinski definition) is 3. The van der Waals surface area contributed by atoms with Crippen molar-refractivity contribution < 1.29 is 14.4 Å². The molecule has 6 heteroatoms. The molecule has 6 nitrogen and oxygen atoms in total. The highest BCUT2D eigenvalue weighted by Gasteiger charge is 2.29. The van der Waals surface area contributed by atoms with Crippen molar-refractivity contribution in [2.45, 2.75) is 32.2 Å². The fourth-order valence-electron chi connectivity index (χ4n) is 2.69. The average Bonchev–Trinajstić information content (AvgIpc) is 2.86. The van der Waals surface area contributed by atoms with Gasteiger partial charge in [-0.05, 0) is 18.4 Å². The van der Waals surface area contributed by atoms with Crippen molar-refractivity contribution in [1.82, 2.24) is 15.5 Å². The third kappa shape index (κ3) is 5.73.